The van der Waals surface area contributed by atoms with E-state index in [0.29, 0.717) is 0 Å². The molecule has 0 atom stereocenters. The number of rotatable bonds is 7. The van der Waals surface area contributed by atoms with Crippen LogP contribution in [0.3, 0.4) is 0 Å². The summed E-state index contributed by atoms with van der Waals surface area (Å²) in [5.74, 6) is 0.251. The van der Waals surface area contributed by atoms with Crippen LogP contribution in [0.25, 0.3) is 44.5 Å². The maximum atomic E-state index is 2.32. The first kappa shape index (κ1) is 29.7. The third-order valence-corrected chi connectivity index (χ3v) is 10.00. The molecule has 0 amide bonds. The quantitative estimate of drug-likeness (QED) is 0.168. The second-order valence-electron chi connectivity index (χ2n) is 12.9. The van der Waals surface area contributed by atoms with Crippen molar-refractivity contribution in [3.05, 3.63) is 223 Å². The van der Waals surface area contributed by atoms with Crippen LogP contribution in [0.5, 0.6) is 0 Å². The Morgan fingerprint density at radius 3 is 1.14 bits per heavy atom. The lowest BCUT2D eigenvalue weighted by Crippen LogP contribution is -2.09. The predicted octanol–water partition coefficient (Wildman–Crippen LogP) is 13.3. The highest BCUT2D eigenvalue weighted by Crippen LogP contribution is 2.48. The smallest absolute Gasteiger partial charge is 0.0462 e. The average Bonchev–Trinajstić information content (AvgIpc) is 3.54. The van der Waals surface area contributed by atoms with Gasteiger partial charge >= 0.3 is 0 Å². The number of anilines is 3. The maximum Gasteiger partial charge on any atom is 0.0462 e. The molecule has 1 nitrogen and oxygen atoms in total. The Hall–Kier alpha value is -6.44. The molecule has 236 valence electrons. The van der Waals surface area contributed by atoms with Gasteiger partial charge in [-0.15, -0.1) is 0 Å². The number of benzene rings is 8. The molecule has 0 N–H and O–H groups in total. The van der Waals surface area contributed by atoms with Crippen LogP contribution in [0.4, 0.5) is 17.1 Å². The molecule has 0 saturated carbocycles. The van der Waals surface area contributed by atoms with E-state index in [2.05, 4.69) is 211 Å². The fraction of sp³-hybridized carbons (Fsp3) is 0.0204. The van der Waals surface area contributed by atoms with Crippen LogP contribution >= 0.6 is 0 Å². The van der Waals surface area contributed by atoms with Crippen LogP contribution in [0.15, 0.2) is 206 Å². The van der Waals surface area contributed by atoms with Crippen LogP contribution in [-0.4, -0.2) is 0 Å². The van der Waals surface area contributed by atoms with Crippen molar-refractivity contribution < 1.29 is 0 Å². The first-order valence-corrected chi connectivity index (χ1v) is 17.3. The Bertz CT molecular complexity index is 2350. The topological polar surface area (TPSA) is 3.24 Å². The van der Waals surface area contributed by atoms with Crippen LogP contribution in [0, 0.1) is 0 Å². The highest BCUT2D eigenvalue weighted by atomic mass is 15.1. The molecule has 0 radical (unpaired) electrons. The Labute approximate surface area is 294 Å². The molecule has 0 bridgehead atoms. The summed E-state index contributed by atoms with van der Waals surface area (Å²) in [6, 6.07) is 74.6. The van der Waals surface area contributed by atoms with Gasteiger partial charge in [0.15, 0.2) is 0 Å². The average molecular weight is 638 g/mol. The molecule has 0 saturated heterocycles. The van der Waals surface area contributed by atoms with E-state index < -0.39 is 0 Å². The summed E-state index contributed by atoms with van der Waals surface area (Å²) in [5, 5.41) is 0. The molecule has 8 aromatic carbocycles. The molecule has 1 aliphatic rings. The largest absolute Gasteiger partial charge is 0.311 e. The van der Waals surface area contributed by atoms with E-state index in [-0.39, 0.29) is 5.92 Å². The van der Waals surface area contributed by atoms with E-state index in [0.717, 1.165) is 17.1 Å². The molecule has 8 aromatic rings. The molecular formula is C49H35N. The zero-order valence-corrected chi connectivity index (χ0v) is 27.7. The summed E-state index contributed by atoms with van der Waals surface area (Å²) in [5.41, 5.74) is 17.5. The monoisotopic (exact) mass is 637 g/mol. The number of fused-ring (bicyclic) bond motifs is 3. The predicted molar refractivity (Wildman–Crippen MR) is 210 cm³/mol. The second-order valence-corrected chi connectivity index (χ2v) is 12.9. The third kappa shape index (κ3) is 5.40. The van der Waals surface area contributed by atoms with Crippen LogP contribution in [0.2, 0.25) is 0 Å². The summed E-state index contributed by atoms with van der Waals surface area (Å²) >= 11 is 0. The normalized spacial score (nSPS) is 11.9. The van der Waals surface area contributed by atoms with Gasteiger partial charge in [0.1, 0.15) is 0 Å². The van der Waals surface area contributed by atoms with Crippen molar-refractivity contribution in [1.29, 1.82) is 0 Å². The second kappa shape index (κ2) is 12.9. The Kier molecular flexibility index (Phi) is 7.64. The van der Waals surface area contributed by atoms with Crippen molar-refractivity contribution in [2.45, 2.75) is 5.92 Å². The highest BCUT2D eigenvalue weighted by Gasteiger charge is 2.29. The molecule has 0 fully saturated rings. The SMILES string of the molecule is c1ccc(-c2ccc(N(c3ccccc3)c3ccc(-c4ccccc4-c4ccc(C5c6ccccc6-c6ccccc65)cc4)cc3)cc2)cc1. The molecular weight excluding hydrogens is 603 g/mol. The molecule has 0 aromatic heterocycles. The van der Waals surface area contributed by atoms with Crippen molar-refractivity contribution in [2.75, 3.05) is 4.90 Å². The van der Waals surface area contributed by atoms with Crippen LogP contribution in [0.1, 0.15) is 22.6 Å². The van der Waals surface area contributed by atoms with Gasteiger partial charge in [0.25, 0.3) is 0 Å². The van der Waals surface area contributed by atoms with Gasteiger partial charge in [-0.2, -0.15) is 0 Å². The summed E-state index contributed by atoms with van der Waals surface area (Å²) in [6.07, 6.45) is 0. The van der Waals surface area contributed by atoms with E-state index in [1.165, 1.54) is 61.2 Å². The fourth-order valence-electron chi connectivity index (χ4n) is 7.60. The van der Waals surface area contributed by atoms with Gasteiger partial charge in [-0.05, 0) is 97.6 Å². The van der Waals surface area contributed by atoms with Gasteiger partial charge in [-0.1, -0.05) is 170 Å². The van der Waals surface area contributed by atoms with Crippen molar-refractivity contribution >= 4 is 17.1 Å². The maximum absolute atomic E-state index is 2.32. The van der Waals surface area contributed by atoms with Crippen LogP contribution < -0.4 is 4.90 Å². The van der Waals surface area contributed by atoms with Gasteiger partial charge in [0.2, 0.25) is 0 Å². The summed E-state index contributed by atoms with van der Waals surface area (Å²) < 4.78 is 0. The fourth-order valence-corrected chi connectivity index (χ4v) is 7.60. The van der Waals surface area contributed by atoms with Gasteiger partial charge in [-0.3, -0.25) is 0 Å². The van der Waals surface area contributed by atoms with Gasteiger partial charge in [0.05, 0.1) is 0 Å². The highest BCUT2D eigenvalue weighted by molar-refractivity contribution is 5.86. The van der Waals surface area contributed by atoms with Gasteiger partial charge in [0, 0.05) is 23.0 Å². The standard InChI is InChI=1S/C49H35N/c1-3-13-35(14-4-1)36-27-31-41(32-28-36)50(40-15-5-2-6-16-40)42-33-29-38(30-34-42)44-18-8-7-17-43(44)37-23-25-39(26-24-37)49-47-21-11-9-19-45(47)46-20-10-12-22-48(46)49/h1-34,49H. The zero-order chi connectivity index (χ0) is 33.3. The van der Waals surface area contributed by atoms with E-state index in [1.54, 1.807) is 0 Å². The first-order chi connectivity index (χ1) is 24.8. The van der Waals surface area contributed by atoms with Gasteiger partial charge < -0.3 is 4.90 Å². The zero-order valence-electron chi connectivity index (χ0n) is 27.7. The third-order valence-electron chi connectivity index (χ3n) is 10.00. The lowest BCUT2D eigenvalue weighted by molar-refractivity contribution is 1.02. The van der Waals surface area contributed by atoms with Crippen molar-refractivity contribution in [3.63, 3.8) is 0 Å². The summed E-state index contributed by atoms with van der Waals surface area (Å²) in [7, 11) is 0. The van der Waals surface area contributed by atoms with Crippen molar-refractivity contribution in [2.24, 2.45) is 0 Å². The van der Waals surface area contributed by atoms with Crippen LogP contribution in [-0.2, 0) is 0 Å². The van der Waals surface area contributed by atoms with Crippen molar-refractivity contribution in [3.8, 4) is 44.5 Å². The van der Waals surface area contributed by atoms with E-state index in [9.17, 15) is 0 Å². The Morgan fingerprint density at radius 2 is 0.620 bits per heavy atom. The molecule has 0 heterocycles. The number of hydrogen-bond donors (Lipinski definition) is 0. The molecule has 0 aliphatic heterocycles. The van der Waals surface area contributed by atoms with E-state index in [4.69, 9.17) is 0 Å². The summed E-state index contributed by atoms with van der Waals surface area (Å²) in [6.45, 7) is 0. The number of nitrogens with zero attached hydrogens (tertiary/aromatic N) is 1. The number of para-hydroxylation sites is 1. The Balaban J connectivity index is 1.03. The minimum atomic E-state index is 0.251. The first-order valence-electron chi connectivity index (χ1n) is 17.3. The van der Waals surface area contributed by atoms with E-state index in [1.807, 2.05) is 0 Å². The lowest BCUT2D eigenvalue weighted by atomic mass is 9.87. The van der Waals surface area contributed by atoms with Crippen molar-refractivity contribution in [1.82, 2.24) is 0 Å². The Morgan fingerprint density at radius 1 is 0.260 bits per heavy atom. The molecule has 50 heavy (non-hydrogen) atoms. The number of hydrogen-bond acceptors (Lipinski definition) is 1. The van der Waals surface area contributed by atoms with Gasteiger partial charge in [-0.25, -0.2) is 0 Å². The minimum Gasteiger partial charge on any atom is -0.311 e. The molecule has 0 spiro atoms. The molecule has 1 heteroatoms. The molecule has 0 unspecified atom stereocenters. The summed E-state index contributed by atoms with van der Waals surface area (Å²) in [4.78, 5) is 2.32. The molecule has 9 rings (SSSR count). The lowest BCUT2D eigenvalue weighted by Gasteiger charge is -2.26. The molecule has 1 aliphatic carbocycles. The minimum absolute atomic E-state index is 0.251. The van der Waals surface area contributed by atoms with E-state index >= 15 is 0 Å².